The number of rotatable bonds is 6. The third-order valence-electron chi connectivity index (χ3n) is 3.84. The van der Waals surface area contributed by atoms with E-state index in [1.807, 2.05) is 0 Å². The van der Waals surface area contributed by atoms with Crippen LogP contribution in [0.4, 0.5) is 5.00 Å². The van der Waals surface area contributed by atoms with Crippen molar-refractivity contribution in [1.82, 2.24) is 4.90 Å². The zero-order valence-electron chi connectivity index (χ0n) is 13.9. The second-order valence-electron chi connectivity index (χ2n) is 5.77. The van der Waals surface area contributed by atoms with Crippen LogP contribution >= 0.6 is 11.3 Å². The average Bonchev–Trinajstić information content (AvgIpc) is 2.92. The first-order chi connectivity index (χ1) is 11.9. The van der Waals surface area contributed by atoms with E-state index in [-0.39, 0.29) is 18.0 Å². The van der Waals surface area contributed by atoms with Gasteiger partial charge in [0.2, 0.25) is 5.91 Å². The van der Waals surface area contributed by atoms with Crippen LogP contribution in [0.1, 0.15) is 43.0 Å². The molecule has 1 atom stereocenters. The Hall–Kier alpha value is -2.42. The van der Waals surface area contributed by atoms with Crippen LogP contribution in [0.3, 0.4) is 0 Å². The highest BCUT2D eigenvalue weighted by Gasteiger charge is 2.24. The molecule has 1 fully saturated rings. The molecule has 0 spiro atoms. The average molecular weight is 367 g/mol. The molecule has 9 heteroatoms. The Balaban J connectivity index is 1.87. The molecule has 2 heterocycles. The number of nitrogens with two attached hydrogens (primary N) is 1. The summed E-state index contributed by atoms with van der Waals surface area (Å²) in [7, 11) is 0. The van der Waals surface area contributed by atoms with Crippen molar-refractivity contribution in [3.63, 3.8) is 0 Å². The van der Waals surface area contributed by atoms with Gasteiger partial charge in [-0.1, -0.05) is 6.42 Å². The van der Waals surface area contributed by atoms with Gasteiger partial charge in [0.25, 0.3) is 11.8 Å². The Bertz CT molecular complexity index is 672. The molecule has 0 bridgehead atoms. The first kappa shape index (κ1) is 18.9. The summed E-state index contributed by atoms with van der Waals surface area (Å²) in [5, 5.41) is 4.45. The summed E-state index contributed by atoms with van der Waals surface area (Å²) in [4.78, 5) is 48.7. The molecule has 0 saturated carbocycles. The molecule has 2 rings (SSSR count). The summed E-state index contributed by atoms with van der Waals surface area (Å²) in [6.45, 7) is 1.78. The van der Waals surface area contributed by atoms with Crippen molar-refractivity contribution in [3.8, 4) is 0 Å². The third-order valence-corrected chi connectivity index (χ3v) is 4.67. The van der Waals surface area contributed by atoms with E-state index in [9.17, 15) is 19.2 Å². The lowest BCUT2D eigenvalue weighted by atomic mass is 10.2. The van der Waals surface area contributed by atoms with Crippen molar-refractivity contribution in [2.75, 3.05) is 18.4 Å². The molecule has 3 N–H and O–H groups in total. The Morgan fingerprint density at radius 3 is 2.84 bits per heavy atom. The van der Waals surface area contributed by atoms with E-state index in [1.165, 1.54) is 17.9 Å². The smallest absolute Gasteiger partial charge is 0.326 e. The fraction of sp³-hybridized carbons (Fsp3) is 0.500. The lowest BCUT2D eigenvalue weighted by molar-refractivity contribution is -0.156. The number of hydrogen-bond donors (Lipinski definition) is 2. The molecule has 1 aliphatic heterocycles. The number of primary amides is 1. The van der Waals surface area contributed by atoms with Crippen LogP contribution in [-0.2, 0) is 19.1 Å². The normalized spacial score (nSPS) is 16.0. The van der Waals surface area contributed by atoms with E-state index in [2.05, 4.69) is 5.32 Å². The predicted octanol–water partition coefficient (Wildman–Crippen LogP) is 1.12. The number of nitrogens with one attached hydrogen (secondary N) is 1. The summed E-state index contributed by atoms with van der Waals surface area (Å²) in [6, 6.07) is 1.50. The van der Waals surface area contributed by atoms with Crippen molar-refractivity contribution in [2.24, 2.45) is 5.73 Å². The Morgan fingerprint density at radius 1 is 1.36 bits per heavy atom. The lowest BCUT2D eigenvalue weighted by Crippen LogP contribution is -2.38. The van der Waals surface area contributed by atoms with E-state index >= 15 is 0 Å². The van der Waals surface area contributed by atoms with Gasteiger partial charge < -0.3 is 20.7 Å². The first-order valence-corrected chi connectivity index (χ1v) is 8.92. The standard InChI is InChI=1S/C16H21N3O5S/c1-10(15(23)18-16-11(14(17)22)6-8-25-16)24-13(21)9-19-7-4-2-3-5-12(19)20/h6,8,10H,2-5,7,9H2,1H3,(H2,17,22)(H,18,23)/t10-/m0/s1. The number of ether oxygens (including phenoxy) is 1. The van der Waals surface area contributed by atoms with E-state index < -0.39 is 23.9 Å². The van der Waals surface area contributed by atoms with E-state index in [0.717, 1.165) is 30.6 Å². The van der Waals surface area contributed by atoms with Gasteiger partial charge >= 0.3 is 5.97 Å². The summed E-state index contributed by atoms with van der Waals surface area (Å²) in [5.74, 6) is -1.93. The van der Waals surface area contributed by atoms with E-state index in [1.54, 1.807) is 5.38 Å². The molecule has 0 unspecified atom stereocenters. The van der Waals surface area contributed by atoms with Crippen LogP contribution in [-0.4, -0.2) is 47.8 Å². The number of anilines is 1. The quantitative estimate of drug-likeness (QED) is 0.730. The van der Waals surface area contributed by atoms with Gasteiger partial charge in [-0.25, -0.2) is 0 Å². The second-order valence-corrected chi connectivity index (χ2v) is 6.69. The molecule has 1 saturated heterocycles. The predicted molar refractivity (Wildman–Crippen MR) is 92.1 cm³/mol. The monoisotopic (exact) mass is 367 g/mol. The van der Waals surface area contributed by atoms with Crippen molar-refractivity contribution in [2.45, 2.75) is 38.7 Å². The fourth-order valence-corrected chi connectivity index (χ4v) is 3.26. The van der Waals surface area contributed by atoms with Gasteiger partial charge in [-0.15, -0.1) is 11.3 Å². The molecule has 1 aliphatic rings. The topological polar surface area (TPSA) is 119 Å². The van der Waals surface area contributed by atoms with Crippen LogP contribution < -0.4 is 11.1 Å². The Morgan fingerprint density at radius 2 is 2.12 bits per heavy atom. The van der Waals surface area contributed by atoms with Crippen LogP contribution in [0.25, 0.3) is 0 Å². The third kappa shape index (κ3) is 5.28. The minimum absolute atomic E-state index is 0.0729. The zero-order valence-corrected chi connectivity index (χ0v) is 14.8. The van der Waals surface area contributed by atoms with Crippen LogP contribution in [0, 0.1) is 0 Å². The molecular formula is C16H21N3O5S. The number of hydrogen-bond acceptors (Lipinski definition) is 6. The van der Waals surface area contributed by atoms with Gasteiger partial charge in [0.05, 0.1) is 5.56 Å². The summed E-state index contributed by atoms with van der Waals surface area (Å²) < 4.78 is 5.10. The molecular weight excluding hydrogens is 346 g/mol. The van der Waals surface area contributed by atoms with Crippen molar-refractivity contribution >= 4 is 40.0 Å². The number of amides is 3. The molecule has 25 heavy (non-hydrogen) atoms. The molecule has 1 aromatic rings. The molecule has 136 valence electrons. The van der Waals surface area contributed by atoms with Gasteiger partial charge in [0.1, 0.15) is 11.5 Å². The SMILES string of the molecule is C[C@H](OC(=O)CN1CCCCCC1=O)C(=O)Nc1sccc1C(N)=O. The zero-order chi connectivity index (χ0) is 18.4. The Kier molecular flexibility index (Phi) is 6.51. The molecule has 3 amide bonds. The minimum Gasteiger partial charge on any atom is -0.451 e. The minimum atomic E-state index is -1.06. The summed E-state index contributed by atoms with van der Waals surface area (Å²) in [6.07, 6.45) is 2.00. The fourth-order valence-electron chi connectivity index (χ4n) is 2.46. The summed E-state index contributed by atoms with van der Waals surface area (Å²) >= 11 is 1.15. The first-order valence-electron chi connectivity index (χ1n) is 8.04. The van der Waals surface area contributed by atoms with E-state index in [4.69, 9.17) is 10.5 Å². The highest BCUT2D eigenvalue weighted by atomic mass is 32.1. The highest BCUT2D eigenvalue weighted by molar-refractivity contribution is 7.14. The maximum absolute atomic E-state index is 12.1. The van der Waals surface area contributed by atoms with E-state index in [0.29, 0.717) is 18.0 Å². The van der Waals surface area contributed by atoms with Crippen LogP contribution in [0.15, 0.2) is 11.4 Å². The van der Waals surface area contributed by atoms with Crippen LogP contribution in [0.2, 0.25) is 0 Å². The molecule has 0 radical (unpaired) electrons. The molecule has 0 aliphatic carbocycles. The number of esters is 1. The number of nitrogens with zero attached hydrogens (tertiary/aromatic N) is 1. The molecule has 1 aromatic heterocycles. The number of thiophene rings is 1. The molecule has 8 nitrogen and oxygen atoms in total. The van der Waals surface area contributed by atoms with Gasteiger partial charge in [0.15, 0.2) is 6.10 Å². The molecule has 0 aromatic carbocycles. The van der Waals surface area contributed by atoms with Crippen LogP contribution in [0.5, 0.6) is 0 Å². The van der Waals surface area contributed by atoms with Gasteiger partial charge in [-0.3, -0.25) is 19.2 Å². The number of carbonyl (C=O) groups is 4. The van der Waals surface area contributed by atoms with Crippen molar-refractivity contribution in [3.05, 3.63) is 17.0 Å². The van der Waals surface area contributed by atoms with Gasteiger partial charge in [-0.2, -0.15) is 0 Å². The van der Waals surface area contributed by atoms with Gasteiger partial charge in [0, 0.05) is 13.0 Å². The maximum Gasteiger partial charge on any atom is 0.326 e. The van der Waals surface area contributed by atoms with Crippen molar-refractivity contribution < 1.29 is 23.9 Å². The maximum atomic E-state index is 12.1. The second kappa shape index (κ2) is 8.61. The number of likely N-dealkylation sites (tertiary alicyclic amines) is 1. The Labute approximate surface area is 149 Å². The van der Waals surface area contributed by atoms with Gasteiger partial charge in [-0.05, 0) is 31.2 Å². The summed E-state index contributed by atoms with van der Waals surface area (Å²) in [5.41, 5.74) is 5.42. The number of carbonyl (C=O) groups excluding carboxylic acids is 4. The lowest BCUT2D eigenvalue weighted by Gasteiger charge is -2.20. The largest absolute Gasteiger partial charge is 0.451 e. The van der Waals surface area contributed by atoms with Crippen molar-refractivity contribution in [1.29, 1.82) is 0 Å². The highest BCUT2D eigenvalue weighted by Crippen LogP contribution is 2.23.